The van der Waals surface area contributed by atoms with E-state index in [-0.39, 0.29) is 29.0 Å². The summed E-state index contributed by atoms with van der Waals surface area (Å²) in [6.45, 7) is 5.68. The molecule has 1 aromatic carbocycles. The van der Waals surface area contributed by atoms with Crippen LogP contribution in [-0.4, -0.2) is 24.1 Å². The highest BCUT2D eigenvalue weighted by atomic mass is 16.5. The van der Waals surface area contributed by atoms with E-state index in [0.717, 1.165) is 0 Å². The molecule has 1 rings (SSSR count). The van der Waals surface area contributed by atoms with Gasteiger partial charge in [0.25, 0.3) is 0 Å². The van der Waals surface area contributed by atoms with Gasteiger partial charge in [0.05, 0.1) is 18.4 Å². The van der Waals surface area contributed by atoms with Gasteiger partial charge in [0.1, 0.15) is 5.75 Å². The molecule has 1 amide bonds. The Morgan fingerprint density at radius 1 is 1.26 bits per heavy atom. The maximum atomic E-state index is 12.0. The molecule has 0 aliphatic heterocycles. The molecule has 0 fully saturated rings. The first kappa shape index (κ1) is 15.0. The summed E-state index contributed by atoms with van der Waals surface area (Å²) in [6.07, 6.45) is 0. The van der Waals surface area contributed by atoms with E-state index in [9.17, 15) is 9.59 Å². The molecular weight excluding hydrogens is 246 g/mol. The summed E-state index contributed by atoms with van der Waals surface area (Å²) in [5.41, 5.74) is 0.300. The van der Waals surface area contributed by atoms with Crippen LogP contribution in [0.5, 0.6) is 5.75 Å². The number of carbonyl (C=O) groups is 2. The van der Waals surface area contributed by atoms with Crippen LogP contribution >= 0.6 is 0 Å². The predicted octanol–water partition coefficient (Wildman–Crippen LogP) is 2.62. The number of benzene rings is 1. The smallest absolute Gasteiger partial charge is 0.337 e. The third kappa shape index (κ3) is 3.71. The summed E-state index contributed by atoms with van der Waals surface area (Å²) in [7, 11) is 1.48. The summed E-state index contributed by atoms with van der Waals surface area (Å²) >= 11 is 0. The molecule has 0 aliphatic carbocycles. The van der Waals surface area contributed by atoms with Crippen molar-refractivity contribution in [1.29, 1.82) is 0 Å². The molecule has 1 unspecified atom stereocenters. The Balaban J connectivity index is 3.04. The Bertz CT molecular complexity index is 482. The van der Waals surface area contributed by atoms with E-state index in [1.807, 2.05) is 13.8 Å². The number of hydrogen-bond donors (Lipinski definition) is 2. The number of carboxylic acid groups (broad SMARTS) is 1. The third-order valence-electron chi connectivity index (χ3n) is 3.13. The topological polar surface area (TPSA) is 75.6 Å². The van der Waals surface area contributed by atoms with Gasteiger partial charge in [-0.05, 0) is 18.1 Å². The summed E-state index contributed by atoms with van der Waals surface area (Å²) in [5.74, 6) is -0.815. The van der Waals surface area contributed by atoms with Crippen molar-refractivity contribution in [2.45, 2.75) is 20.8 Å². The molecule has 104 valence electrons. The van der Waals surface area contributed by atoms with Crippen LogP contribution in [0.25, 0.3) is 0 Å². The lowest BCUT2D eigenvalue weighted by Crippen LogP contribution is -2.25. The first-order valence-corrected chi connectivity index (χ1v) is 6.09. The van der Waals surface area contributed by atoms with Crippen LogP contribution < -0.4 is 10.1 Å². The molecule has 0 aliphatic rings. The van der Waals surface area contributed by atoms with E-state index in [1.54, 1.807) is 13.0 Å². The number of ether oxygens (including phenoxy) is 1. The monoisotopic (exact) mass is 265 g/mol. The highest BCUT2D eigenvalue weighted by Crippen LogP contribution is 2.24. The van der Waals surface area contributed by atoms with Gasteiger partial charge in [-0.25, -0.2) is 4.79 Å². The maximum Gasteiger partial charge on any atom is 0.337 e. The third-order valence-corrected chi connectivity index (χ3v) is 3.13. The lowest BCUT2D eigenvalue weighted by atomic mass is 9.97. The quantitative estimate of drug-likeness (QED) is 0.858. The fourth-order valence-corrected chi connectivity index (χ4v) is 1.49. The summed E-state index contributed by atoms with van der Waals surface area (Å²) in [4.78, 5) is 23.1. The fourth-order valence-electron chi connectivity index (χ4n) is 1.49. The molecule has 0 saturated carbocycles. The van der Waals surface area contributed by atoms with Gasteiger partial charge in [-0.3, -0.25) is 4.79 Å². The second-order valence-corrected chi connectivity index (χ2v) is 4.74. The Hall–Kier alpha value is -2.04. The summed E-state index contributed by atoms with van der Waals surface area (Å²) in [5, 5.41) is 11.7. The van der Waals surface area contributed by atoms with Crippen molar-refractivity contribution in [3.8, 4) is 5.75 Å². The van der Waals surface area contributed by atoms with Crippen molar-refractivity contribution in [2.75, 3.05) is 12.4 Å². The van der Waals surface area contributed by atoms with Gasteiger partial charge in [0.15, 0.2) is 0 Å². The van der Waals surface area contributed by atoms with Crippen LogP contribution in [0.3, 0.4) is 0 Å². The number of hydrogen-bond acceptors (Lipinski definition) is 3. The van der Waals surface area contributed by atoms with Crippen LogP contribution in [-0.2, 0) is 4.79 Å². The van der Waals surface area contributed by atoms with Crippen molar-refractivity contribution in [3.63, 3.8) is 0 Å². The van der Waals surface area contributed by atoms with Crippen molar-refractivity contribution in [3.05, 3.63) is 23.8 Å². The van der Waals surface area contributed by atoms with Gasteiger partial charge < -0.3 is 15.2 Å². The highest BCUT2D eigenvalue weighted by molar-refractivity contribution is 6.01. The molecule has 0 saturated heterocycles. The number of nitrogens with one attached hydrogen (secondary N) is 1. The molecule has 0 radical (unpaired) electrons. The van der Waals surface area contributed by atoms with Gasteiger partial charge in [0, 0.05) is 12.0 Å². The molecule has 5 heteroatoms. The first-order chi connectivity index (χ1) is 8.86. The van der Waals surface area contributed by atoms with Crippen LogP contribution in [0.2, 0.25) is 0 Å². The molecule has 0 aromatic heterocycles. The van der Waals surface area contributed by atoms with E-state index in [1.165, 1.54) is 19.2 Å². The molecule has 0 heterocycles. The number of anilines is 1. The zero-order valence-corrected chi connectivity index (χ0v) is 11.6. The molecule has 1 aromatic rings. The fraction of sp³-hybridized carbons (Fsp3) is 0.429. The predicted molar refractivity (Wildman–Crippen MR) is 72.6 cm³/mol. The molecule has 2 N–H and O–H groups in total. The molecule has 0 bridgehead atoms. The Kier molecular flexibility index (Phi) is 4.92. The number of carboxylic acids is 1. The molecule has 19 heavy (non-hydrogen) atoms. The van der Waals surface area contributed by atoms with Gasteiger partial charge in [-0.2, -0.15) is 0 Å². The molecule has 5 nitrogen and oxygen atoms in total. The average molecular weight is 265 g/mol. The van der Waals surface area contributed by atoms with E-state index in [2.05, 4.69) is 5.32 Å². The summed E-state index contributed by atoms with van der Waals surface area (Å²) < 4.78 is 5.03. The molecule has 0 spiro atoms. The van der Waals surface area contributed by atoms with E-state index < -0.39 is 5.97 Å². The van der Waals surface area contributed by atoms with Gasteiger partial charge >= 0.3 is 5.97 Å². The number of amides is 1. The molecule has 1 atom stereocenters. The first-order valence-electron chi connectivity index (χ1n) is 6.09. The number of aromatic carboxylic acids is 1. The van der Waals surface area contributed by atoms with E-state index >= 15 is 0 Å². The second kappa shape index (κ2) is 6.22. The number of methoxy groups -OCH3 is 1. The maximum absolute atomic E-state index is 12.0. The van der Waals surface area contributed by atoms with Crippen LogP contribution in [0, 0.1) is 11.8 Å². The normalized spacial score (nSPS) is 12.1. The zero-order valence-electron chi connectivity index (χ0n) is 11.6. The van der Waals surface area contributed by atoms with Crippen molar-refractivity contribution < 1.29 is 19.4 Å². The van der Waals surface area contributed by atoms with Gasteiger partial charge in [-0.1, -0.05) is 20.8 Å². The largest absolute Gasteiger partial charge is 0.497 e. The highest BCUT2D eigenvalue weighted by Gasteiger charge is 2.19. The van der Waals surface area contributed by atoms with Crippen LogP contribution in [0.4, 0.5) is 5.69 Å². The van der Waals surface area contributed by atoms with Crippen LogP contribution in [0.1, 0.15) is 31.1 Å². The Morgan fingerprint density at radius 3 is 2.37 bits per heavy atom. The van der Waals surface area contributed by atoms with Gasteiger partial charge in [-0.15, -0.1) is 0 Å². The zero-order chi connectivity index (χ0) is 14.6. The Labute approximate surface area is 112 Å². The average Bonchev–Trinajstić information content (AvgIpc) is 2.36. The van der Waals surface area contributed by atoms with Crippen molar-refractivity contribution >= 4 is 17.6 Å². The van der Waals surface area contributed by atoms with E-state index in [4.69, 9.17) is 9.84 Å². The number of rotatable bonds is 5. The lowest BCUT2D eigenvalue weighted by Gasteiger charge is -2.16. The SMILES string of the molecule is COc1ccc(C(=O)O)c(NC(=O)C(C)C(C)C)c1. The molecular formula is C14H19NO4. The van der Waals surface area contributed by atoms with E-state index in [0.29, 0.717) is 5.75 Å². The number of carbonyl (C=O) groups excluding carboxylic acids is 1. The lowest BCUT2D eigenvalue weighted by molar-refractivity contribution is -0.120. The minimum absolute atomic E-state index is 0.0464. The Morgan fingerprint density at radius 2 is 1.89 bits per heavy atom. The van der Waals surface area contributed by atoms with Crippen molar-refractivity contribution in [1.82, 2.24) is 0 Å². The standard InChI is InChI=1S/C14H19NO4/c1-8(2)9(3)13(16)15-12-7-10(19-4)5-6-11(12)14(17)18/h5-9H,1-4H3,(H,15,16)(H,17,18). The van der Waals surface area contributed by atoms with Crippen molar-refractivity contribution in [2.24, 2.45) is 11.8 Å². The minimum atomic E-state index is -1.09. The minimum Gasteiger partial charge on any atom is -0.497 e. The summed E-state index contributed by atoms with van der Waals surface area (Å²) in [6, 6.07) is 4.47. The second-order valence-electron chi connectivity index (χ2n) is 4.74. The van der Waals surface area contributed by atoms with Crippen LogP contribution in [0.15, 0.2) is 18.2 Å². The van der Waals surface area contributed by atoms with Gasteiger partial charge in [0.2, 0.25) is 5.91 Å².